The van der Waals surface area contributed by atoms with E-state index in [2.05, 4.69) is 6.07 Å². The van der Waals surface area contributed by atoms with Gasteiger partial charge in [0, 0.05) is 6.42 Å². The van der Waals surface area contributed by atoms with Crippen LogP contribution in [0.1, 0.15) is 37.2 Å². The molecule has 1 aliphatic heterocycles. The summed E-state index contributed by atoms with van der Waals surface area (Å²) in [5.74, 6) is 1.44. The van der Waals surface area contributed by atoms with Gasteiger partial charge in [0.25, 0.3) is 0 Å². The molecule has 3 rings (SSSR count). The molecule has 0 saturated heterocycles. The van der Waals surface area contributed by atoms with Gasteiger partial charge < -0.3 is 10.5 Å². The van der Waals surface area contributed by atoms with Gasteiger partial charge in [0.1, 0.15) is 5.75 Å². The molecule has 1 aliphatic carbocycles. The standard InChI is InChI=1S/C14H17NO2/c15-14(6-7-14)13(16)9-10-5-8-17-12-4-2-1-3-11(10)12/h1-4,10H,5-9,15H2. The fraction of sp³-hybridized carbons (Fsp3) is 0.500. The first-order valence-corrected chi connectivity index (χ1v) is 6.23. The van der Waals surface area contributed by atoms with Crippen LogP contribution in [0.5, 0.6) is 5.75 Å². The molecule has 2 aliphatic rings. The number of para-hydroxylation sites is 1. The Balaban J connectivity index is 1.79. The van der Waals surface area contributed by atoms with Crippen molar-refractivity contribution in [1.82, 2.24) is 0 Å². The predicted octanol–water partition coefficient (Wildman–Crippen LogP) is 2.00. The van der Waals surface area contributed by atoms with Crippen molar-refractivity contribution in [1.29, 1.82) is 0 Å². The van der Waals surface area contributed by atoms with E-state index < -0.39 is 5.54 Å². The number of rotatable bonds is 3. The predicted molar refractivity (Wildman–Crippen MR) is 65.1 cm³/mol. The third kappa shape index (κ3) is 1.95. The second-order valence-corrected chi connectivity index (χ2v) is 5.16. The van der Waals surface area contributed by atoms with E-state index in [4.69, 9.17) is 10.5 Å². The number of ether oxygens (including phenoxy) is 1. The molecule has 17 heavy (non-hydrogen) atoms. The Morgan fingerprint density at radius 3 is 2.94 bits per heavy atom. The fourth-order valence-corrected chi connectivity index (χ4v) is 2.47. The molecule has 0 bridgehead atoms. The summed E-state index contributed by atoms with van der Waals surface area (Å²) in [5.41, 5.74) is 6.62. The van der Waals surface area contributed by atoms with E-state index in [1.54, 1.807) is 0 Å². The normalized spacial score (nSPS) is 24.6. The number of fused-ring (bicyclic) bond motifs is 1. The first-order chi connectivity index (χ1) is 8.19. The van der Waals surface area contributed by atoms with E-state index in [0.717, 1.165) is 30.6 Å². The summed E-state index contributed by atoms with van der Waals surface area (Å²) in [6.07, 6.45) is 3.20. The van der Waals surface area contributed by atoms with Crippen molar-refractivity contribution in [2.24, 2.45) is 5.73 Å². The molecule has 1 atom stereocenters. The second-order valence-electron chi connectivity index (χ2n) is 5.16. The molecule has 0 amide bonds. The zero-order valence-corrected chi connectivity index (χ0v) is 9.82. The molecular formula is C14H17NO2. The van der Waals surface area contributed by atoms with Crippen LogP contribution in [-0.4, -0.2) is 17.9 Å². The number of ketones is 1. The van der Waals surface area contributed by atoms with Crippen LogP contribution in [0.25, 0.3) is 0 Å². The zero-order valence-electron chi connectivity index (χ0n) is 9.82. The lowest BCUT2D eigenvalue weighted by Gasteiger charge is -2.26. The lowest BCUT2D eigenvalue weighted by Crippen LogP contribution is -2.34. The average Bonchev–Trinajstić information content (AvgIpc) is 3.09. The van der Waals surface area contributed by atoms with Gasteiger partial charge in [-0.25, -0.2) is 0 Å². The van der Waals surface area contributed by atoms with Gasteiger partial charge in [-0.3, -0.25) is 4.79 Å². The van der Waals surface area contributed by atoms with E-state index >= 15 is 0 Å². The molecule has 1 saturated carbocycles. The van der Waals surface area contributed by atoms with Crippen molar-refractivity contribution >= 4 is 5.78 Å². The van der Waals surface area contributed by atoms with Crippen LogP contribution in [0, 0.1) is 0 Å². The molecule has 1 fully saturated rings. The van der Waals surface area contributed by atoms with E-state index in [1.165, 1.54) is 0 Å². The molecule has 0 radical (unpaired) electrons. The van der Waals surface area contributed by atoms with Crippen molar-refractivity contribution in [2.75, 3.05) is 6.61 Å². The Labute approximate surface area is 101 Å². The third-order valence-electron chi connectivity index (χ3n) is 3.86. The van der Waals surface area contributed by atoms with Crippen molar-refractivity contribution in [3.05, 3.63) is 29.8 Å². The van der Waals surface area contributed by atoms with Gasteiger partial charge in [-0.2, -0.15) is 0 Å². The Kier molecular flexibility index (Phi) is 2.44. The van der Waals surface area contributed by atoms with Gasteiger partial charge in [-0.05, 0) is 36.8 Å². The number of Topliss-reactive ketones (excluding diaryl/α,β-unsaturated/α-hetero) is 1. The van der Waals surface area contributed by atoms with Crippen LogP contribution < -0.4 is 10.5 Å². The number of nitrogens with two attached hydrogens (primary N) is 1. The molecular weight excluding hydrogens is 214 g/mol. The SMILES string of the molecule is NC1(C(=O)CC2CCOc3ccccc32)CC1. The van der Waals surface area contributed by atoms with E-state index in [-0.39, 0.29) is 11.7 Å². The van der Waals surface area contributed by atoms with E-state index in [0.29, 0.717) is 13.0 Å². The molecule has 1 heterocycles. The number of carbonyl (C=O) groups is 1. The van der Waals surface area contributed by atoms with Gasteiger partial charge in [0.2, 0.25) is 0 Å². The van der Waals surface area contributed by atoms with Crippen LogP contribution in [-0.2, 0) is 4.79 Å². The van der Waals surface area contributed by atoms with Crippen LogP contribution in [0.15, 0.2) is 24.3 Å². The van der Waals surface area contributed by atoms with Crippen LogP contribution in [0.2, 0.25) is 0 Å². The van der Waals surface area contributed by atoms with Gasteiger partial charge >= 0.3 is 0 Å². The molecule has 1 unspecified atom stereocenters. The maximum atomic E-state index is 12.0. The number of hydrogen-bond donors (Lipinski definition) is 1. The summed E-state index contributed by atoms with van der Waals surface area (Å²) in [6, 6.07) is 8.00. The van der Waals surface area contributed by atoms with Crippen molar-refractivity contribution in [3.63, 3.8) is 0 Å². The highest BCUT2D eigenvalue weighted by molar-refractivity contribution is 5.91. The van der Waals surface area contributed by atoms with Gasteiger partial charge in [0.05, 0.1) is 12.1 Å². The first-order valence-electron chi connectivity index (χ1n) is 6.23. The first kappa shape index (κ1) is 10.8. The van der Waals surface area contributed by atoms with E-state index in [9.17, 15) is 4.79 Å². The Bertz CT molecular complexity index is 451. The van der Waals surface area contributed by atoms with Crippen molar-refractivity contribution < 1.29 is 9.53 Å². The minimum atomic E-state index is -0.493. The van der Waals surface area contributed by atoms with Gasteiger partial charge in [-0.1, -0.05) is 18.2 Å². The zero-order chi connectivity index (χ0) is 11.9. The lowest BCUT2D eigenvalue weighted by atomic mass is 9.87. The summed E-state index contributed by atoms with van der Waals surface area (Å²) in [4.78, 5) is 12.0. The molecule has 90 valence electrons. The Hall–Kier alpha value is -1.35. The number of benzene rings is 1. The topological polar surface area (TPSA) is 52.3 Å². The third-order valence-corrected chi connectivity index (χ3v) is 3.86. The lowest BCUT2D eigenvalue weighted by molar-refractivity contribution is -0.121. The highest BCUT2D eigenvalue weighted by Gasteiger charge is 2.46. The summed E-state index contributed by atoms with van der Waals surface area (Å²) >= 11 is 0. The molecule has 1 aromatic rings. The van der Waals surface area contributed by atoms with Crippen LogP contribution >= 0.6 is 0 Å². The highest BCUT2D eigenvalue weighted by Crippen LogP contribution is 2.40. The summed E-state index contributed by atoms with van der Waals surface area (Å²) in [6.45, 7) is 0.701. The molecule has 0 spiro atoms. The molecule has 3 heteroatoms. The molecule has 3 nitrogen and oxygen atoms in total. The minimum Gasteiger partial charge on any atom is -0.493 e. The maximum Gasteiger partial charge on any atom is 0.153 e. The molecule has 1 aromatic carbocycles. The van der Waals surface area contributed by atoms with E-state index in [1.807, 2.05) is 18.2 Å². The van der Waals surface area contributed by atoms with Crippen molar-refractivity contribution in [2.45, 2.75) is 37.1 Å². The smallest absolute Gasteiger partial charge is 0.153 e. The summed E-state index contributed by atoms with van der Waals surface area (Å²) in [5, 5.41) is 0. The Morgan fingerprint density at radius 2 is 2.18 bits per heavy atom. The average molecular weight is 231 g/mol. The number of hydrogen-bond acceptors (Lipinski definition) is 3. The summed E-state index contributed by atoms with van der Waals surface area (Å²) < 4.78 is 5.59. The quantitative estimate of drug-likeness (QED) is 0.865. The van der Waals surface area contributed by atoms with Crippen molar-refractivity contribution in [3.8, 4) is 5.75 Å². The summed E-state index contributed by atoms with van der Waals surface area (Å²) in [7, 11) is 0. The maximum absolute atomic E-state index is 12.0. The van der Waals surface area contributed by atoms with Gasteiger partial charge in [0.15, 0.2) is 5.78 Å². The Morgan fingerprint density at radius 1 is 1.41 bits per heavy atom. The fourth-order valence-electron chi connectivity index (χ4n) is 2.47. The molecule has 2 N–H and O–H groups in total. The monoisotopic (exact) mass is 231 g/mol. The highest BCUT2D eigenvalue weighted by atomic mass is 16.5. The number of carbonyl (C=O) groups excluding carboxylic acids is 1. The van der Waals surface area contributed by atoms with Gasteiger partial charge in [-0.15, -0.1) is 0 Å². The minimum absolute atomic E-state index is 0.221. The van der Waals surface area contributed by atoms with Crippen LogP contribution in [0.3, 0.4) is 0 Å². The largest absolute Gasteiger partial charge is 0.493 e. The second kappa shape index (κ2) is 3.84. The van der Waals surface area contributed by atoms with Crippen LogP contribution in [0.4, 0.5) is 0 Å². The molecule has 0 aromatic heterocycles.